The van der Waals surface area contributed by atoms with Crippen molar-refractivity contribution in [2.45, 2.75) is 79.1 Å². The molecular formula is C26H36NO+. The number of nitrogens with zero attached hydrogens (tertiary/aromatic N) is 1. The van der Waals surface area contributed by atoms with Crippen LogP contribution in [0.1, 0.15) is 82.2 Å². The summed E-state index contributed by atoms with van der Waals surface area (Å²) >= 11 is 0. The van der Waals surface area contributed by atoms with E-state index in [4.69, 9.17) is 4.74 Å². The van der Waals surface area contributed by atoms with Crippen molar-refractivity contribution < 1.29 is 9.31 Å². The second-order valence-electron chi connectivity index (χ2n) is 9.53. The number of para-hydroxylation sites is 1. The van der Waals surface area contributed by atoms with Gasteiger partial charge in [-0.2, -0.15) is 4.58 Å². The summed E-state index contributed by atoms with van der Waals surface area (Å²) in [6.45, 7) is 18.8. The van der Waals surface area contributed by atoms with E-state index in [1.807, 2.05) is 0 Å². The summed E-state index contributed by atoms with van der Waals surface area (Å²) in [6.07, 6.45) is 4.48. The first-order valence-electron chi connectivity index (χ1n) is 10.6. The van der Waals surface area contributed by atoms with Crippen molar-refractivity contribution in [1.29, 1.82) is 0 Å². The number of hydrogen-bond acceptors (Lipinski definition) is 1. The molecule has 1 aliphatic rings. The number of ether oxygens (including phenoxy) is 1. The average molecular weight is 379 g/mol. The zero-order chi connectivity index (χ0) is 20.7. The highest BCUT2D eigenvalue weighted by atomic mass is 16.5. The molecule has 0 aromatic heterocycles. The van der Waals surface area contributed by atoms with E-state index in [9.17, 15) is 0 Å². The summed E-state index contributed by atoms with van der Waals surface area (Å²) in [7, 11) is 0. The van der Waals surface area contributed by atoms with Gasteiger partial charge < -0.3 is 4.74 Å². The molecule has 2 nitrogen and oxygen atoms in total. The van der Waals surface area contributed by atoms with Gasteiger partial charge in [-0.25, -0.2) is 0 Å². The number of rotatable bonds is 5. The second-order valence-corrected chi connectivity index (χ2v) is 9.53. The molecule has 0 N–H and O–H groups in total. The molecular weight excluding hydrogens is 342 g/mol. The molecule has 1 heterocycles. The largest absolute Gasteiger partial charge is 0.435 e. The number of hydrogen-bond donors (Lipinski definition) is 0. The Morgan fingerprint density at radius 1 is 0.929 bits per heavy atom. The minimum absolute atomic E-state index is 0.0819. The second kappa shape index (κ2) is 7.39. The van der Waals surface area contributed by atoms with Crippen molar-refractivity contribution in [2.75, 3.05) is 6.73 Å². The monoisotopic (exact) mass is 378 g/mol. The number of aryl methyl sites for hydroxylation is 2. The highest BCUT2D eigenvalue weighted by Crippen LogP contribution is 2.41. The van der Waals surface area contributed by atoms with Crippen LogP contribution in [0.25, 0.3) is 0 Å². The fourth-order valence-electron chi connectivity index (χ4n) is 3.92. The van der Waals surface area contributed by atoms with E-state index in [0.29, 0.717) is 6.73 Å². The first kappa shape index (κ1) is 20.6. The summed E-state index contributed by atoms with van der Waals surface area (Å²) in [4.78, 5) is 0. The molecule has 2 aromatic carbocycles. The quantitative estimate of drug-likeness (QED) is 0.522. The van der Waals surface area contributed by atoms with E-state index in [2.05, 4.69) is 96.5 Å². The molecule has 0 bridgehead atoms. The minimum Gasteiger partial charge on any atom is -0.435 e. The maximum Gasteiger partial charge on any atom is 0.292 e. The van der Waals surface area contributed by atoms with Crippen LogP contribution in [-0.4, -0.2) is 17.5 Å². The van der Waals surface area contributed by atoms with Crippen molar-refractivity contribution in [1.82, 2.24) is 0 Å². The molecule has 0 aliphatic carbocycles. The molecule has 0 saturated heterocycles. The lowest BCUT2D eigenvalue weighted by molar-refractivity contribution is -0.477. The molecule has 2 heteroatoms. The van der Waals surface area contributed by atoms with Gasteiger partial charge in [-0.05, 0) is 49.1 Å². The van der Waals surface area contributed by atoms with Crippen LogP contribution in [0.4, 0.5) is 5.69 Å². The number of fused-ring (bicyclic) bond motifs is 1. The summed E-state index contributed by atoms with van der Waals surface area (Å²) in [5.74, 6) is 1.06. The Hall–Kier alpha value is -2.09. The Bertz CT molecular complexity index is 898. The van der Waals surface area contributed by atoms with Gasteiger partial charge in [-0.3, -0.25) is 0 Å². The summed E-state index contributed by atoms with van der Waals surface area (Å²) < 4.78 is 8.68. The molecule has 1 aliphatic heterocycles. The minimum atomic E-state index is 0.0819. The van der Waals surface area contributed by atoms with Crippen LogP contribution in [0.2, 0.25) is 0 Å². The smallest absolute Gasteiger partial charge is 0.292 e. The van der Waals surface area contributed by atoms with Crippen molar-refractivity contribution >= 4 is 11.9 Å². The topological polar surface area (TPSA) is 12.2 Å². The van der Waals surface area contributed by atoms with Gasteiger partial charge >= 0.3 is 0 Å². The molecule has 0 fully saturated rings. The molecule has 3 rings (SSSR count). The molecule has 0 radical (unpaired) electrons. The molecule has 28 heavy (non-hydrogen) atoms. The molecule has 0 spiro atoms. The molecule has 0 saturated carbocycles. The lowest BCUT2D eigenvalue weighted by atomic mass is 9.75. The van der Waals surface area contributed by atoms with Gasteiger partial charge in [0.1, 0.15) is 5.75 Å². The third kappa shape index (κ3) is 3.62. The Morgan fingerprint density at radius 2 is 1.54 bits per heavy atom. The maximum atomic E-state index is 6.42. The zero-order valence-electron chi connectivity index (χ0n) is 18.9. The van der Waals surface area contributed by atoms with Crippen molar-refractivity contribution in [3.05, 3.63) is 58.1 Å². The Balaban J connectivity index is 2.24. The summed E-state index contributed by atoms with van der Waals surface area (Å²) in [5, 5.41) is 0. The molecule has 150 valence electrons. The van der Waals surface area contributed by atoms with Crippen LogP contribution < -0.4 is 4.74 Å². The van der Waals surface area contributed by atoms with Crippen LogP contribution in [0.5, 0.6) is 5.75 Å². The normalized spacial score (nSPS) is 14.4. The zero-order valence-corrected chi connectivity index (χ0v) is 18.9. The Morgan fingerprint density at radius 3 is 2.11 bits per heavy atom. The van der Waals surface area contributed by atoms with Gasteiger partial charge in [0.25, 0.3) is 6.73 Å². The van der Waals surface area contributed by atoms with Gasteiger partial charge in [0.2, 0.25) is 5.69 Å². The fourth-order valence-corrected chi connectivity index (χ4v) is 3.92. The third-order valence-corrected chi connectivity index (χ3v) is 6.77. The van der Waals surface area contributed by atoms with Crippen LogP contribution in [0, 0.1) is 13.8 Å². The van der Waals surface area contributed by atoms with E-state index in [-0.39, 0.29) is 10.8 Å². The summed E-state index contributed by atoms with van der Waals surface area (Å²) in [5.41, 5.74) is 7.97. The highest BCUT2D eigenvalue weighted by Gasteiger charge is 2.32. The van der Waals surface area contributed by atoms with Crippen molar-refractivity contribution in [3.63, 3.8) is 0 Å². The first-order valence-corrected chi connectivity index (χ1v) is 10.6. The Kier molecular flexibility index (Phi) is 5.44. The van der Waals surface area contributed by atoms with Gasteiger partial charge in [0, 0.05) is 16.7 Å². The lowest BCUT2D eigenvalue weighted by Crippen LogP contribution is -2.27. The van der Waals surface area contributed by atoms with Gasteiger partial charge in [-0.15, -0.1) is 0 Å². The predicted octanol–water partition coefficient (Wildman–Crippen LogP) is 6.79. The van der Waals surface area contributed by atoms with Gasteiger partial charge in [-0.1, -0.05) is 65.8 Å². The third-order valence-electron chi connectivity index (χ3n) is 6.77. The fraction of sp³-hybridized carbons (Fsp3) is 0.500. The highest BCUT2D eigenvalue weighted by molar-refractivity contribution is 5.83. The van der Waals surface area contributed by atoms with Crippen molar-refractivity contribution in [3.8, 4) is 5.75 Å². The van der Waals surface area contributed by atoms with Crippen molar-refractivity contribution in [2.24, 2.45) is 0 Å². The van der Waals surface area contributed by atoms with E-state index < -0.39 is 0 Å². The van der Waals surface area contributed by atoms with Crippen LogP contribution >= 0.6 is 0 Å². The average Bonchev–Trinajstić information content (AvgIpc) is 2.66. The standard InChI is InChI=1S/C26H36NO/c1-9-25(5,6)21-14-20-16-27(23-18(3)12-11-13-19(23)4)17-28-24(20)22(15-21)26(7,8)10-2/h11-16H,9-10,17H2,1-8H3/q+1. The number of benzene rings is 2. The SMILES string of the molecule is CCC(C)(C)c1cc2c(c(C(C)(C)CC)c1)OC[N+](c1c(C)cccc1C)=C2. The predicted molar refractivity (Wildman–Crippen MR) is 120 cm³/mol. The molecule has 0 atom stereocenters. The first-order chi connectivity index (χ1) is 13.1. The van der Waals surface area contributed by atoms with Gasteiger partial charge in [0.15, 0.2) is 6.21 Å². The van der Waals surface area contributed by atoms with E-state index in [0.717, 1.165) is 18.6 Å². The summed E-state index contributed by atoms with van der Waals surface area (Å²) in [6, 6.07) is 11.2. The Labute approximate surface area is 171 Å². The maximum absolute atomic E-state index is 6.42. The lowest BCUT2D eigenvalue weighted by Gasteiger charge is -2.32. The van der Waals surface area contributed by atoms with Crippen LogP contribution in [-0.2, 0) is 10.8 Å². The van der Waals surface area contributed by atoms with Gasteiger partial charge in [0.05, 0.1) is 5.56 Å². The van der Waals surface area contributed by atoms with Crippen LogP contribution in [0.15, 0.2) is 30.3 Å². The molecule has 0 unspecified atom stereocenters. The molecule has 0 amide bonds. The van der Waals surface area contributed by atoms with Crippen LogP contribution in [0.3, 0.4) is 0 Å². The van der Waals surface area contributed by atoms with E-state index in [1.165, 1.54) is 33.5 Å². The van der Waals surface area contributed by atoms with E-state index in [1.54, 1.807) is 0 Å². The molecule has 2 aromatic rings. The van der Waals surface area contributed by atoms with E-state index >= 15 is 0 Å².